The van der Waals surface area contributed by atoms with E-state index in [-0.39, 0.29) is 171 Å². The lowest BCUT2D eigenvalue weighted by molar-refractivity contribution is 0.0848. The van der Waals surface area contributed by atoms with Crippen LogP contribution in [0.4, 0.5) is 46.8 Å². The number of hydrogen-bond donors (Lipinski definition) is 4. The van der Waals surface area contributed by atoms with Crippen molar-refractivity contribution in [3.8, 4) is 70.7 Å². The fourth-order valence-corrected chi connectivity index (χ4v) is 16.6. The summed E-state index contributed by atoms with van der Waals surface area (Å²) in [4.78, 5) is 35.9. The smallest absolute Gasteiger partial charge is 0.319 e. The van der Waals surface area contributed by atoms with Crippen LogP contribution in [0.3, 0.4) is 0 Å². The molecule has 7 fully saturated rings. The first-order chi connectivity index (χ1) is 45.4. The normalized spacial score (nSPS) is 27.0. The number of aromatic nitrogens is 6. The zero-order valence-electron chi connectivity index (χ0n) is 51.1. The number of pyridine rings is 2. The molecule has 0 amide bonds. The van der Waals surface area contributed by atoms with E-state index in [1.165, 1.54) is 60.9 Å². The number of hydrogen-bond acceptors (Lipinski definition) is 16. The van der Waals surface area contributed by atoms with Crippen molar-refractivity contribution >= 4 is 55.0 Å². The number of rotatable bonds is 14. The largest absolute Gasteiger partial charge is 0.508 e. The second-order valence-electron chi connectivity index (χ2n) is 26.3. The molecule has 0 aliphatic carbocycles. The molecule has 4 N–H and O–H groups in total. The second kappa shape index (κ2) is 23.2. The standard InChI is InChI=1S/C70H64F8N12O4/c1-4-44-52(75)9-8-38-22-42(91)24-48(55(38)44)59-57(77)62-51(30-79-59)64(88-33-41-10-13-68(35-88,86-41)16-18-72)85-66(83-62)94-37-70-14-11-54(90(70)32-40(74)28-70)46-26-53(76)45(5-2)56-47(46)23-43(92)25-49(56)60-58(78)61-50(29-80-60)63(87-21-19-81-67(6-3,34-87)15-17-71)84-65(82-61)93-36-69-12-7-20-89(69)31-39(73)27-69/h1-2,8-9,15-18,22-26,29-30,39-41,54,81,86,91-92H,6-7,10-14,19-21,27-28,31-37H2,3H3/b17-15+,18-16+/t39-,40-,41-,54?,67+,68-,69+,70+/m1/s1. The van der Waals surface area contributed by atoms with Crippen molar-refractivity contribution in [3.05, 3.63) is 120 Å². The third kappa shape index (κ3) is 10.0. The van der Waals surface area contributed by atoms with E-state index in [0.717, 1.165) is 12.5 Å². The van der Waals surface area contributed by atoms with Gasteiger partial charge in [0.2, 0.25) is 0 Å². The summed E-state index contributed by atoms with van der Waals surface area (Å²) in [5.74, 6) is 1.06. The van der Waals surface area contributed by atoms with Gasteiger partial charge in [-0.2, -0.15) is 19.9 Å². The molecule has 0 spiro atoms. The van der Waals surface area contributed by atoms with Gasteiger partial charge in [-0.3, -0.25) is 19.8 Å². The number of fused-ring (bicyclic) bond motifs is 8. The average molecular weight is 1290 g/mol. The summed E-state index contributed by atoms with van der Waals surface area (Å²) in [5.41, 5.74) is -4.75. The summed E-state index contributed by atoms with van der Waals surface area (Å²) in [6.07, 6.45) is 20.2. The zero-order valence-corrected chi connectivity index (χ0v) is 51.1. The van der Waals surface area contributed by atoms with Gasteiger partial charge in [0, 0.05) is 105 Å². The molecule has 24 heteroatoms. The first-order valence-electron chi connectivity index (χ1n) is 31.7. The van der Waals surface area contributed by atoms with Crippen molar-refractivity contribution in [3.63, 3.8) is 0 Å². The Morgan fingerprint density at radius 2 is 1.34 bits per heavy atom. The van der Waals surface area contributed by atoms with E-state index in [9.17, 15) is 23.4 Å². The van der Waals surface area contributed by atoms with Crippen LogP contribution in [-0.2, 0) is 0 Å². The SMILES string of the molecule is C#Cc1c(F)ccc2cc(O)cc(-c3ncc4c(N5C[C@H]6CC[C@@](/C=C/F)(C5)N6)nc(OC[C@@]56CCC(c7cc(F)c(C#C)c8c(-c9ncc%10c(N%11CCN[C@](/C=C/F)(CC)C%11)nc(OC[C@@]%11%12CCCN%11C[C@H](F)C%12)nc%10c9F)cc(O)cc78)N5C[C@H](F)C6)nc4c3F)c12. The van der Waals surface area contributed by atoms with Crippen LogP contribution in [-0.4, -0.2) is 156 Å². The number of nitrogens with one attached hydrogen (secondary N) is 2. The van der Waals surface area contributed by atoms with Gasteiger partial charge in [-0.1, -0.05) is 24.8 Å². The van der Waals surface area contributed by atoms with Crippen molar-refractivity contribution in [2.24, 2.45) is 0 Å². The average Bonchev–Trinajstić information content (AvgIpc) is 1.35. The van der Waals surface area contributed by atoms with Gasteiger partial charge in [0.15, 0.2) is 11.6 Å². The quantitative estimate of drug-likeness (QED) is 0.0598. The number of anilines is 2. The monoisotopic (exact) mass is 1290 g/mol. The minimum atomic E-state index is -1.42. The molecular formula is C70H64F8N12O4. The lowest BCUT2D eigenvalue weighted by Crippen LogP contribution is -2.59. The van der Waals surface area contributed by atoms with Crippen LogP contribution in [0.1, 0.15) is 87.4 Å². The van der Waals surface area contributed by atoms with Crippen LogP contribution in [0.2, 0.25) is 0 Å². The number of halogens is 8. The highest BCUT2D eigenvalue weighted by molar-refractivity contribution is 6.05. The van der Waals surface area contributed by atoms with Crippen LogP contribution in [0.15, 0.2) is 79.7 Å². The fourth-order valence-electron chi connectivity index (χ4n) is 16.6. The molecule has 8 atom stereocenters. The summed E-state index contributed by atoms with van der Waals surface area (Å²) in [6, 6.07) is 7.67. The molecule has 4 aromatic carbocycles. The number of alkyl halides is 2. The number of phenolic OH excluding ortho intramolecular Hbond substituents is 2. The van der Waals surface area contributed by atoms with Crippen molar-refractivity contribution in [2.45, 2.75) is 111 Å². The highest BCUT2D eigenvalue weighted by Crippen LogP contribution is 2.53. The van der Waals surface area contributed by atoms with E-state index in [4.69, 9.17) is 32.3 Å². The molecule has 2 bridgehead atoms. The second-order valence-corrected chi connectivity index (χ2v) is 26.3. The van der Waals surface area contributed by atoms with Crippen LogP contribution >= 0.6 is 0 Å². The van der Waals surface area contributed by atoms with E-state index < -0.39 is 63.8 Å². The van der Waals surface area contributed by atoms with Gasteiger partial charge >= 0.3 is 12.0 Å². The Morgan fingerprint density at radius 1 is 0.691 bits per heavy atom. The van der Waals surface area contributed by atoms with E-state index in [1.807, 2.05) is 21.6 Å². The van der Waals surface area contributed by atoms with Crippen LogP contribution in [0, 0.1) is 48.0 Å². The molecule has 0 saturated carbocycles. The Labute approximate surface area is 535 Å². The molecule has 484 valence electrons. The number of benzene rings is 4. The van der Waals surface area contributed by atoms with E-state index in [0.29, 0.717) is 81.9 Å². The predicted molar refractivity (Wildman–Crippen MR) is 339 cm³/mol. The molecule has 4 aromatic heterocycles. The van der Waals surface area contributed by atoms with Crippen LogP contribution in [0.25, 0.3) is 65.9 Å². The number of ether oxygens (including phenoxy) is 2. The molecule has 7 aliphatic heterocycles. The van der Waals surface area contributed by atoms with Crippen molar-refractivity contribution in [1.29, 1.82) is 0 Å². The van der Waals surface area contributed by atoms with Crippen LogP contribution in [0.5, 0.6) is 23.5 Å². The summed E-state index contributed by atoms with van der Waals surface area (Å²) in [7, 11) is 0. The van der Waals surface area contributed by atoms with Gasteiger partial charge in [0.05, 0.1) is 56.7 Å². The van der Waals surface area contributed by atoms with Crippen molar-refractivity contribution in [2.75, 3.05) is 75.4 Å². The summed E-state index contributed by atoms with van der Waals surface area (Å²) < 4.78 is 141. The molecule has 8 aromatic rings. The third-order valence-electron chi connectivity index (χ3n) is 20.9. The van der Waals surface area contributed by atoms with Gasteiger partial charge in [0.25, 0.3) is 0 Å². The molecule has 94 heavy (non-hydrogen) atoms. The summed E-state index contributed by atoms with van der Waals surface area (Å²) >= 11 is 0. The lowest BCUT2D eigenvalue weighted by Gasteiger charge is -2.42. The minimum absolute atomic E-state index is 0.0149. The Bertz CT molecular complexity index is 4610. The Morgan fingerprint density at radius 3 is 2.03 bits per heavy atom. The Kier molecular flexibility index (Phi) is 15.1. The first-order valence-corrected chi connectivity index (χ1v) is 31.7. The highest BCUT2D eigenvalue weighted by Gasteiger charge is 2.55. The maximum absolute atomic E-state index is 18.1. The number of nitrogens with zero attached hydrogens (tertiary/aromatic N) is 10. The minimum Gasteiger partial charge on any atom is -0.508 e. The third-order valence-corrected chi connectivity index (χ3v) is 20.9. The summed E-state index contributed by atoms with van der Waals surface area (Å²) in [5, 5.41) is 30.6. The molecule has 7 aliphatic rings. The first kappa shape index (κ1) is 61.3. The number of piperazine rings is 2. The fraction of sp³-hybridized carbons (Fsp3) is 0.400. The number of aromatic hydroxyl groups is 2. The Hall–Kier alpha value is -8.94. The van der Waals surface area contributed by atoms with Gasteiger partial charge in [0.1, 0.15) is 82.7 Å². The predicted octanol–water partition coefficient (Wildman–Crippen LogP) is 11.4. The van der Waals surface area contributed by atoms with E-state index in [2.05, 4.69) is 47.3 Å². The highest BCUT2D eigenvalue weighted by atomic mass is 19.2. The molecular weight excluding hydrogens is 1220 g/mol. The summed E-state index contributed by atoms with van der Waals surface area (Å²) in [6.45, 7) is 4.07. The number of phenols is 2. The number of terminal acetylenes is 2. The van der Waals surface area contributed by atoms with Gasteiger partial charge in [-0.15, -0.1) is 12.8 Å². The van der Waals surface area contributed by atoms with Crippen molar-refractivity contribution < 1.29 is 54.8 Å². The van der Waals surface area contributed by atoms with Gasteiger partial charge in [-0.25, -0.2) is 35.1 Å². The molecule has 15 rings (SSSR count). The Balaban J connectivity index is 0.808. The molecule has 7 saturated heterocycles. The van der Waals surface area contributed by atoms with E-state index in [1.54, 1.807) is 0 Å². The molecule has 0 radical (unpaired) electrons. The maximum Gasteiger partial charge on any atom is 0.319 e. The maximum atomic E-state index is 18.1. The van der Waals surface area contributed by atoms with Crippen LogP contribution < -0.4 is 29.9 Å². The van der Waals surface area contributed by atoms with Crippen molar-refractivity contribution in [1.82, 2.24) is 50.3 Å². The zero-order chi connectivity index (χ0) is 65.2. The molecule has 11 heterocycles. The van der Waals surface area contributed by atoms with E-state index >= 15 is 22.0 Å². The molecule has 16 nitrogen and oxygen atoms in total. The van der Waals surface area contributed by atoms with Gasteiger partial charge in [-0.05, 0) is 116 Å². The lowest BCUT2D eigenvalue weighted by atomic mass is 9.89. The topological polar surface area (TPSA) is 173 Å². The molecule has 1 unspecified atom stereocenters. The van der Waals surface area contributed by atoms with Gasteiger partial charge < -0.3 is 40.1 Å².